The second kappa shape index (κ2) is 7.26. The summed E-state index contributed by atoms with van der Waals surface area (Å²) in [6.07, 6.45) is 1.86. The van der Waals surface area contributed by atoms with Gasteiger partial charge in [0.2, 0.25) is 0 Å². The largest absolute Gasteiger partial charge is 0.497 e. The van der Waals surface area contributed by atoms with E-state index in [4.69, 9.17) is 21.1 Å². The Morgan fingerprint density at radius 3 is 2.57 bits per heavy atom. The lowest BCUT2D eigenvalue weighted by Gasteiger charge is -2.12. The first-order chi connectivity index (χ1) is 10.1. The summed E-state index contributed by atoms with van der Waals surface area (Å²) in [4.78, 5) is 9.02. The fourth-order valence-corrected chi connectivity index (χ4v) is 2.67. The van der Waals surface area contributed by atoms with Crippen molar-refractivity contribution < 1.29 is 9.47 Å². The van der Waals surface area contributed by atoms with E-state index in [1.165, 1.54) is 0 Å². The fraction of sp³-hybridized carbons (Fsp3) is 0.333. The zero-order valence-corrected chi connectivity index (χ0v) is 15.0. The van der Waals surface area contributed by atoms with Gasteiger partial charge >= 0.3 is 0 Å². The first kappa shape index (κ1) is 16.3. The highest BCUT2D eigenvalue weighted by Crippen LogP contribution is 2.33. The maximum Gasteiger partial charge on any atom is 0.165 e. The second-order valence-electron chi connectivity index (χ2n) is 4.41. The first-order valence-electron chi connectivity index (χ1n) is 6.55. The van der Waals surface area contributed by atoms with E-state index >= 15 is 0 Å². The number of hydrogen-bond acceptors (Lipinski definition) is 4. The van der Waals surface area contributed by atoms with E-state index in [1.54, 1.807) is 14.2 Å². The Morgan fingerprint density at radius 2 is 1.95 bits per heavy atom. The lowest BCUT2D eigenvalue weighted by atomic mass is 10.1. The van der Waals surface area contributed by atoms with Crippen LogP contribution >= 0.6 is 34.2 Å². The summed E-state index contributed by atoms with van der Waals surface area (Å²) in [6.45, 7) is 2.11. The predicted octanol–water partition coefficient (Wildman–Crippen LogP) is 4.37. The zero-order chi connectivity index (χ0) is 15.4. The molecule has 0 bridgehead atoms. The molecule has 0 atom stereocenters. The molecular weight excluding hydrogens is 403 g/mol. The minimum atomic E-state index is 0.467. The van der Waals surface area contributed by atoms with Crippen LogP contribution in [-0.2, 0) is 6.42 Å². The highest BCUT2D eigenvalue weighted by Gasteiger charge is 2.15. The molecule has 1 aromatic carbocycles. The normalized spacial score (nSPS) is 10.5. The van der Waals surface area contributed by atoms with Crippen LogP contribution in [0.25, 0.3) is 11.4 Å². The van der Waals surface area contributed by atoms with Crippen LogP contribution in [0.1, 0.15) is 19.0 Å². The Bertz CT molecular complexity index is 650. The quantitative estimate of drug-likeness (QED) is 0.534. The van der Waals surface area contributed by atoms with E-state index in [9.17, 15) is 0 Å². The molecule has 0 spiro atoms. The summed E-state index contributed by atoms with van der Waals surface area (Å²) in [6, 6.07) is 5.53. The molecule has 4 nitrogen and oxygen atoms in total. The number of aromatic nitrogens is 2. The van der Waals surface area contributed by atoms with Gasteiger partial charge in [-0.05, 0) is 47.2 Å². The van der Waals surface area contributed by atoms with Gasteiger partial charge in [0.15, 0.2) is 5.82 Å². The van der Waals surface area contributed by atoms with E-state index in [0.29, 0.717) is 16.7 Å². The molecule has 0 amide bonds. The number of hydrogen-bond donors (Lipinski definition) is 0. The van der Waals surface area contributed by atoms with Gasteiger partial charge in [0.25, 0.3) is 0 Å². The molecule has 0 aliphatic rings. The number of aryl methyl sites for hydroxylation is 1. The van der Waals surface area contributed by atoms with Crippen LogP contribution in [0.15, 0.2) is 18.2 Å². The van der Waals surface area contributed by atoms with Crippen molar-refractivity contribution in [2.75, 3.05) is 14.2 Å². The van der Waals surface area contributed by atoms with Gasteiger partial charge in [0.05, 0.1) is 29.0 Å². The Hall–Kier alpha value is -1.08. The van der Waals surface area contributed by atoms with Crippen LogP contribution < -0.4 is 9.47 Å². The Labute approximate surface area is 143 Å². The smallest absolute Gasteiger partial charge is 0.165 e. The lowest BCUT2D eigenvalue weighted by Crippen LogP contribution is -2.02. The molecule has 0 N–H and O–H groups in total. The summed E-state index contributed by atoms with van der Waals surface area (Å²) in [5, 5.41) is 0.467. The molecule has 0 saturated heterocycles. The van der Waals surface area contributed by atoms with Crippen molar-refractivity contribution in [2.45, 2.75) is 19.8 Å². The van der Waals surface area contributed by atoms with Crippen molar-refractivity contribution in [3.63, 3.8) is 0 Å². The van der Waals surface area contributed by atoms with E-state index in [-0.39, 0.29) is 0 Å². The highest BCUT2D eigenvalue weighted by atomic mass is 127. The molecule has 2 rings (SSSR count). The van der Waals surface area contributed by atoms with Crippen LogP contribution in [0.2, 0.25) is 5.15 Å². The van der Waals surface area contributed by atoms with Gasteiger partial charge in [0.1, 0.15) is 16.7 Å². The third-order valence-electron chi connectivity index (χ3n) is 3.01. The molecule has 0 fully saturated rings. The second-order valence-corrected chi connectivity index (χ2v) is 5.85. The van der Waals surface area contributed by atoms with Crippen molar-refractivity contribution in [3.8, 4) is 22.9 Å². The Morgan fingerprint density at radius 1 is 1.19 bits per heavy atom. The molecule has 0 unspecified atom stereocenters. The first-order valence-corrected chi connectivity index (χ1v) is 8.00. The summed E-state index contributed by atoms with van der Waals surface area (Å²) < 4.78 is 11.6. The molecule has 21 heavy (non-hydrogen) atoms. The minimum absolute atomic E-state index is 0.467. The maximum atomic E-state index is 6.24. The van der Waals surface area contributed by atoms with Crippen LogP contribution in [-0.4, -0.2) is 24.2 Å². The number of benzene rings is 1. The van der Waals surface area contributed by atoms with Gasteiger partial charge in [-0.3, -0.25) is 0 Å². The number of methoxy groups -OCH3 is 2. The number of nitrogens with zero attached hydrogens (tertiary/aromatic N) is 2. The highest BCUT2D eigenvalue weighted by molar-refractivity contribution is 14.1. The molecular formula is C15H16ClIN2O2. The lowest BCUT2D eigenvalue weighted by molar-refractivity contribution is 0.404. The van der Waals surface area contributed by atoms with Crippen LogP contribution in [0.4, 0.5) is 0 Å². The van der Waals surface area contributed by atoms with Crippen molar-refractivity contribution in [3.05, 3.63) is 32.6 Å². The maximum absolute atomic E-state index is 6.24. The molecule has 1 aromatic heterocycles. The van der Waals surface area contributed by atoms with Crippen LogP contribution in [0.5, 0.6) is 11.5 Å². The average molecular weight is 419 g/mol. The summed E-state index contributed by atoms with van der Waals surface area (Å²) in [5.74, 6) is 1.97. The van der Waals surface area contributed by atoms with Gasteiger partial charge in [-0.25, -0.2) is 9.97 Å². The number of halogens is 2. The minimum Gasteiger partial charge on any atom is -0.497 e. The Kier molecular flexibility index (Phi) is 5.64. The molecule has 2 aromatic rings. The standard InChI is InChI=1S/C15H16ClIN2O2/c1-4-5-11-13(17)14(16)19-15(18-11)10-8-9(20-2)6-7-12(10)21-3/h6-8H,4-5H2,1-3H3. The molecule has 6 heteroatoms. The van der Waals surface area contributed by atoms with Gasteiger partial charge in [-0.15, -0.1) is 0 Å². The molecule has 1 heterocycles. The van der Waals surface area contributed by atoms with Crippen LogP contribution in [0, 0.1) is 3.57 Å². The number of rotatable bonds is 5. The Balaban J connectivity index is 2.60. The van der Waals surface area contributed by atoms with Gasteiger partial charge in [-0.1, -0.05) is 24.9 Å². The molecule has 0 saturated carbocycles. The van der Waals surface area contributed by atoms with Gasteiger partial charge in [0, 0.05) is 0 Å². The molecule has 0 radical (unpaired) electrons. The third kappa shape index (κ3) is 3.58. The summed E-state index contributed by atoms with van der Waals surface area (Å²) in [5.41, 5.74) is 1.73. The van der Waals surface area contributed by atoms with Crippen molar-refractivity contribution in [1.29, 1.82) is 0 Å². The molecule has 112 valence electrons. The van der Waals surface area contributed by atoms with Gasteiger partial charge in [-0.2, -0.15) is 0 Å². The van der Waals surface area contributed by atoms with E-state index in [0.717, 1.165) is 33.4 Å². The molecule has 0 aliphatic heterocycles. The summed E-state index contributed by atoms with van der Waals surface area (Å²) >= 11 is 8.43. The predicted molar refractivity (Wildman–Crippen MR) is 92.3 cm³/mol. The van der Waals surface area contributed by atoms with Crippen molar-refractivity contribution >= 4 is 34.2 Å². The van der Waals surface area contributed by atoms with Crippen molar-refractivity contribution in [1.82, 2.24) is 9.97 Å². The van der Waals surface area contributed by atoms with E-state index in [1.807, 2.05) is 18.2 Å². The topological polar surface area (TPSA) is 44.2 Å². The monoisotopic (exact) mass is 418 g/mol. The van der Waals surface area contributed by atoms with Gasteiger partial charge < -0.3 is 9.47 Å². The van der Waals surface area contributed by atoms with Crippen LogP contribution in [0.3, 0.4) is 0 Å². The zero-order valence-electron chi connectivity index (χ0n) is 12.1. The van der Waals surface area contributed by atoms with E-state index < -0.39 is 0 Å². The third-order valence-corrected chi connectivity index (χ3v) is 4.74. The SMILES string of the molecule is CCCc1nc(-c2cc(OC)ccc2OC)nc(Cl)c1I. The fourth-order valence-electron chi connectivity index (χ4n) is 1.97. The van der Waals surface area contributed by atoms with Crippen molar-refractivity contribution in [2.24, 2.45) is 0 Å². The number of ether oxygens (including phenoxy) is 2. The molecule has 0 aliphatic carbocycles. The van der Waals surface area contributed by atoms with E-state index in [2.05, 4.69) is 39.5 Å². The average Bonchev–Trinajstić information content (AvgIpc) is 2.51. The summed E-state index contributed by atoms with van der Waals surface area (Å²) in [7, 11) is 3.24.